The van der Waals surface area contributed by atoms with Crippen LogP contribution in [-0.4, -0.2) is 29.1 Å². The van der Waals surface area contributed by atoms with E-state index in [1.54, 1.807) is 0 Å². The highest BCUT2D eigenvalue weighted by molar-refractivity contribution is 6.42. The molecule has 4 heteroatoms. The Morgan fingerprint density at radius 2 is 1.71 bits per heavy atom. The molecule has 0 atom stereocenters. The van der Waals surface area contributed by atoms with Crippen LogP contribution in [0.25, 0.3) is 0 Å². The van der Waals surface area contributed by atoms with Crippen molar-refractivity contribution in [2.45, 2.75) is 57.5 Å². The van der Waals surface area contributed by atoms with Gasteiger partial charge in [-0.1, -0.05) is 54.6 Å². The van der Waals surface area contributed by atoms with Crippen LogP contribution in [0.1, 0.15) is 50.5 Å². The lowest BCUT2D eigenvalue weighted by atomic mass is 10.1. The van der Waals surface area contributed by atoms with Gasteiger partial charge in [0.1, 0.15) is 0 Å². The first-order valence-electron chi connectivity index (χ1n) is 8.20. The van der Waals surface area contributed by atoms with Crippen molar-refractivity contribution in [3.63, 3.8) is 0 Å². The monoisotopic (exact) mass is 326 g/mol. The summed E-state index contributed by atoms with van der Waals surface area (Å²) in [7, 11) is 0. The Balaban J connectivity index is 1.79. The van der Waals surface area contributed by atoms with Crippen LogP contribution in [0.2, 0.25) is 10.0 Å². The van der Waals surface area contributed by atoms with Gasteiger partial charge in [0.2, 0.25) is 0 Å². The molecule has 1 aliphatic heterocycles. The van der Waals surface area contributed by atoms with Crippen molar-refractivity contribution >= 4 is 23.2 Å². The minimum absolute atomic E-state index is 0.666. The topological polar surface area (TPSA) is 6.48 Å². The van der Waals surface area contributed by atoms with Crippen molar-refractivity contribution in [1.82, 2.24) is 10.0 Å². The van der Waals surface area contributed by atoms with E-state index in [9.17, 15) is 0 Å². The highest BCUT2D eigenvalue weighted by Crippen LogP contribution is 2.31. The number of benzene rings is 1. The highest BCUT2D eigenvalue weighted by atomic mass is 35.5. The van der Waals surface area contributed by atoms with Crippen molar-refractivity contribution in [1.29, 1.82) is 0 Å². The standard InChI is InChI=1S/C17H24Cl2N2/c18-16-10-6-7-14(17(16)19)13-21(15-8-2-3-9-15)20-11-4-1-5-12-20/h6-7,10,15H,1-5,8-9,11-13H2. The second kappa shape index (κ2) is 7.32. The number of halogens is 2. The third-order valence-electron chi connectivity index (χ3n) is 4.81. The summed E-state index contributed by atoms with van der Waals surface area (Å²) in [5, 5.41) is 6.54. The Kier molecular flexibility index (Phi) is 5.44. The van der Waals surface area contributed by atoms with Crippen molar-refractivity contribution in [2.75, 3.05) is 13.1 Å². The van der Waals surface area contributed by atoms with E-state index in [4.69, 9.17) is 23.2 Å². The summed E-state index contributed by atoms with van der Waals surface area (Å²) in [6.07, 6.45) is 9.34. The largest absolute Gasteiger partial charge is 0.241 e. The molecule has 2 fully saturated rings. The van der Waals surface area contributed by atoms with E-state index in [0.717, 1.165) is 17.1 Å². The van der Waals surface area contributed by atoms with E-state index < -0.39 is 0 Å². The minimum Gasteiger partial charge on any atom is -0.241 e. The highest BCUT2D eigenvalue weighted by Gasteiger charge is 2.28. The van der Waals surface area contributed by atoms with Crippen LogP contribution in [-0.2, 0) is 6.54 Å². The van der Waals surface area contributed by atoms with E-state index in [1.165, 1.54) is 58.0 Å². The third kappa shape index (κ3) is 3.73. The molecular formula is C17H24Cl2N2. The smallest absolute Gasteiger partial charge is 0.0637 e. The molecule has 1 saturated heterocycles. The average molecular weight is 327 g/mol. The van der Waals surface area contributed by atoms with Gasteiger partial charge in [0.25, 0.3) is 0 Å². The summed E-state index contributed by atoms with van der Waals surface area (Å²) in [6.45, 7) is 3.27. The summed E-state index contributed by atoms with van der Waals surface area (Å²) < 4.78 is 0. The lowest BCUT2D eigenvalue weighted by Crippen LogP contribution is -2.49. The average Bonchev–Trinajstić information content (AvgIpc) is 3.04. The Morgan fingerprint density at radius 1 is 1.00 bits per heavy atom. The SMILES string of the molecule is Clc1cccc(CN(C2CCCC2)N2CCCCC2)c1Cl. The van der Waals surface area contributed by atoms with Crippen LogP contribution in [0.4, 0.5) is 0 Å². The fourth-order valence-electron chi connectivity index (χ4n) is 3.64. The molecule has 2 aliphatic rings. The van der Waals surface area contributed by atoms with Crippen molar-refractivity contribution in [2.24, 2.45) is 0 Å². The first kappa shape index (κ1) is 15.6. The number of hydrazine groups is 1. The van der Waals surface area contributed by atoms with Gasteiger partial charge in [0, 0.05) is 25.7 Å². The molecule has 0 amide bonds. The van der Waals surface area contributed by atoms with Gasteiger partial charge in [-0.2, -0.15) is 0 Å². The number of piperidine rings is 1. The quantitative estimate of drug-likeness (QED) is 0.755. The molecule has 0 spiro atoms. The Labute approximate surface area is 138 Å². The van der Waals surface area contributed by atoms with Gasteiger partial charge in [-0.3, -0.25) is 0 Å². The van der Waals surface area contributed by atoms with E-state index in [1.807, 2.05) is 12.1 Å². The fraction of sp³-hybridized carbons (Fsp3) is 0.647. The van der Waals surface area contributed by atoms with Crippen LogP contribution in [0, 0.1) is 0 Å². The van der Waals surface area contributed by atoms with E-state index >= 15 is 0 Å². The van der Waals surface area contributed by atoms with E-state index in [2.05, 4.69) is 16.1 Å². The van der Waals surface area contributed by atoms with Crippen LogP contribution in [0.3, 0.4) is 0 Å². The molecule has 0 unspecified atom stereocenters. The number of hydrogen-bond acceptors (Lipinski definition) is 2. The predicted octanol–water partition coefficient (Wildman–Crippen LogP) is 5.14. The molecule has 1 aromatic carbocycles. The zero-order chi connectivity index (χ0) is 14.7. The lowest BCUT2D eigenvalue weighted by molar-refractivity contribution is -0.0786. The summed E-state index contributed by atoms with van der Waals surface area (Å²) >= 11 is 12.6. The number of nitrogens with zero attached hydrogens (tertiary/aromatic N) is 2. The fourth-order valence-corrected chi connectivity index (χ4v) is 4.02. The lowest BCUT2D eigenvalue weighted by Gasteiger charge is -2.41. The second-order valence-corrected chi connectivity index (χ2v) is 7.05. The maximum atomic E-state index is 6.41. The van der Waals surface area contributed by atoms with Crippen molar-refractivity contribution in [3.05, 3.63) is 33.8 Å². The van der Waals surface area contributed by atoms with Crippen LogP contribution < -0.4 is 0 Å². The number of rotatable bonds is 4. The summed E-state index contributed by atoms with van der Waals surface area (Å²) in [5.41, 5.74) is 1.15. The minimum atomic E-state index is 0.666. The molecular weight excluding hydrogens is 303 g/mol. The zero-order valence-corrected chi connectivity index (χ0v) is 14.0. The molecule has 0 N–H and O–H groups in total. The first-order valence-corrected chi connectivity index (χ1v) is 8.95. The third-order valence-corrected chi connectivity index (χ3v) is 5.66. The molecule has 1 heterocycles. The first-order chi connectivity index (χ1) is 10.3. The Hall–Kier alpha value is -0.280. The Bertz CT molecular complexity index is 466. The van der Waals surface area contributed by atoms with Crippen LogP contribution >= 0.6 is 23.2 Å². The van der Waals surface area contributed by atoms with E-state index in [-0.39, 0.29) is 0 Å². The normalized spacial score (nSPS) is 21.3. The number of hydrogen-bond donors (Lipinski definition) is 0. The van der Waals surface area contributed by atoms with Crippen LogP contribution in [0.5, 0.6) is 0 Å². The molecule has 0 radical (unpaired) electrons. The molecule has 2 nitrogen and oxygen atoms in total. The molecule has 1 aromatic rings. The Morgan fingerprint density at radius 3 is 2.43 bits per heavy atom. The van der Waals surface area contributed by atoms with Gasteiger partial charge >= 0.3 is 0 Å². The zero-order valence-electron chi connectivity index (χ0n) is 12.5. The molecule has 116 valence electrons. The van der Waals surface area contributed by atoms with Gasteiger partial charge in [-0.05, 0) is 37.3 Å². The summed E-state index contributed by atoms with van der Waals surface area (Å²) in [5.74, 6) is 0. The van der Waals surface area contributed by atoms with Gasteiger partial charge in [-0.25, -0.2) is 10.0 Å². The summed E-state index contributed by atoms with van der Waals surface area (Å²) in [6, 6.07) is 6.67. The van der Waals surface area contributed by atoms with Gasteiger partial charge < -0.3 is 0 Å². The maximum absolute atomic E-state index is 6.41. The molecule has 21 heavy (non-hydrogen) atoms. The van der Waals surface area contributed by atoms with Gasteiger partial charge in [-0.15, -0.1) is 0 Å². The molecule has 1 saturated carbocycles. The molecule has 0 bridgehead atoms. The van der Waals surface area contributed by atoms with Crippen molar-refractivity contribution < 1.29 is 0 Å². The summed E-state index contributed by atoms with van der Waals surface area (Å²) in [4.78, 5) is 0. The maximum Gasteiger partial charge on any atom is 0.0637 e. The predicted molar refractivity (Wildman–Crippen MR) is 89.7 cm³/mol. The van der Waals surface area contributed by atoms with Crippen LogP contribution in [0.15, 0.2) is 18.2 Å². The van der Waals surface area contributed by atoms with E-state index in [0.29, 0.717) is 11.1 Å². The molecule has 3 rings (SSSR count). The van der Waals surface area contributed by atoms with Crippen molar-refractivity contribution in [3.8, 4) is 0 Å². The van der Waals surface area contributed by atoms with Gasteiger partial charge in [0.15, 0.2) is 0 Å². The molecule has 1 aliphatic carbocycles. The molecule has 0 aromatic heterocycles. The second-order valence-electron chi connectivity index (χ2n) is 6.26. The van der Waals surface area contributed by atoms with Gasteiger partial charge in [0.05, 0.1) is 10.0 Å².